The van der Waals surface area contributed by atoms with Gasteiger partial charge in [0, 0.05) is 12.1 Å². The van der Waals surface area contributed by atoms with E-state index in [-0.39, 0.29) is 6.10 Å². The summed E-state index contributed by atoms with van der Waals surface area (Å²) in [4.78, 5) is 0. The van der Waals surface area contributed by atoms with E-state index in [2.05, 4.69) is 0 Å². The fraction of sp³-hybridized carbons (Fsp3) is 1.00. The average Bonchev–Trinajstić information content (AvgIpc) is 1.63. The second kappa shape index (κ2) is 3.15. The highest BCUT2D eigenvalue weighted by molar-refractivity contribution is 4.80. The number of hydrogen-bond acceptors (Lipinski definition) is 3. The molecular weight excluding hydrogens is 116 g/mol. The van der Waals surface area contributed by atoms with Crippen molar-refractivity contribution in [2.75, 3.05) is 6.54 Å². The summed E-state index contributed by atoms with van der Waals surface area (Å²) in [5, 5.41) is 8.88. The molecule has 0 bridgehead atoms. The maximum absolute atomic E-state index is 8.88. The lowest BCUT2D eigenvalue weighted by molar-refractivity contribution is 0.155. The highest BCUT2D eigenvalue weighted by Gasteiger charge is 2.17. The van der Waals surface area contributed by atoms with Crippen LogP contribution in [0.3, 0.4) is 0 Å². The van der Waals surface area contributed by atoms with E-state index >= 15 is 0 Å². The zero-order chi connectivity index (χ0) is 7.49. The van der Waals surface area contributed by atoms with Crippen LogP contribution >= 0.6 is 0 Å². The molecule has 2 unspecified atom stereocenters. The van der Waals surface area contributed by atoms with Gasteiger partial charge in [0.1, 0.15) is 0 Å². The van der Waals surface area contributed by atoms with E-state index in [0.717, 1.165) is 0 Å². The fourth-order valence-corrected chi connectivity index (χ4v) is 0.758. The quantitative estimate of drug-likeness (QED) is 0.481. The zero-order valence-electron chi connectivity index (χ0n) is 6.09. The molecule has 2 atom stereocenters. The van der Waals surface area contributed by atoms with E-state index < -0.39 is 5.54 Å². The Labute approximate surface area is 56.0 Å². The van der Waals surface area contributed by atoms with Crippen molar-refractivity contribution in [1.29, 1.82) is 0 Å². The summed E-state index contributed by atoms with van der Waals surface area (Å²) in [6, 6.07) is 0. The Bertz CT molecular complexity index is 81.1. The molecule has 9 heavy (non-hydrogen) atoms. The first kappa shape index (κ1) is 8.88. The highest BCUT2D eigenvalue weighted by atomic mass is 16.3. The molecule has 0 rings (SSSR count). The maximum Gasteiger partial charge on any atom is 0.0530 e. The van der Waals surface area contributed by atoms with Crippen LogP contribution in [-0.4, -0.2) is 23.3 Å². The van der Waals surface area contributed by atoms with Gasteiger partial charge in [-0.2, -0.15) is 0 Å². The van der Waals surface area contributed by atoms with Gasteiger partial charge >= 0.3 is 0 Å². The molecule has 0 saturated heterocycles. The minimum atomic E-state index is -0.409. The lowest BCUT2D eigenvalue weighted by Gasteiger charge is -2.23. The summed E-state index contributed by atoms with van der Waals surface area (Å²) in [6.45, 7) is 3.96. The molecule has 0 aliphatic heterocycles. The second-order valence-electron chi connectivity index (χ2n) is 2.91. The van der Waals surface area contributed by atoms with Crippen molar-refractivity contribution in [3.63, 3.8) is 0 Å². The summed E-state index contributed by atoms with van der Waals surface area (Å²) in [7, 11) is 0. The van der Waals surface area contributed by atoms with Gasteiger partial charge < -0.3 is 16.6 Å². The predicted molar refractivity (Wildman–Crippen MR) is 37.9 cm³/mol. The van der Waals surface area contributed by atoms with Crippen molar-refractivity contribution in [2.24, 2.45) is 11.5 Å². The van der Waals surface area contributed by atoms with E-state index in [0.29, 0.717) is 13.0 Å². The van der Waals surface area contributed by atoms with Crippen LogP contribution in [0.2, 0.25) is 0 Å². The minimum absolute atomic E-state index is 0.358. The summed E-state index contributed by atoms with van der Waals surface area (Å²) >= 11 is 0. The third-order valence-corrected chi connectivity index (χ3v) is 1.23. The van der Waals surface area contributed by atoms with Crippen LogP contribution in [-0.2, 0) is 0 Å². The van der Waals surface area contributed by atoms with E-state index in [4.69, 9.17) is 16.6 Å². The molecule has 0 spiro atoms. The first-order valence-electron chi connectivity index (χ1n) is 3.15. The van der Waals surface area contributed by atoms with Crippen LogP contribution in [0.25, 0.3) is 0 Å². The molecule has 0 aliphatic rings. The molecule has 0 saturated carbocycles. The van der Waals surface area contributed by atoms with Gasteiger partial charge in [-0.05, 0) is 20.3 Å². The molecule has 0 amide bonds. The van der Waals surface area contributed by atoms with Crippen molar-refractivity contribution in [3.8, 4) is 0 Å². The Morgan fingerprint density at radius 1 is 1.67 bits per heavy atom. The molecule has 0 aromatic heterocycles. The first-order valence-corrected chi connectivity index (χ1v) is 3.15. The summed E-state index contributed by atoms with van der Waals surface area (Å²) in [5.41, 5.74) is 10.5. The third kappa shape index (κ3) is 4.39. The first-order chi connectivity index (χ1) is 3.98. The number of rotatable bonds is 3. The van der Waals surface area contributed by atoms with Gasteiger partial charge in [-0.3, -0.25) is 0 Å². The van der Waals surface area contributed by atoms with Crippen LogP contribution in [0.5, 0.6) is 0 Å². The Morgan fingerprint density at radius 2 is 2.11 bits per heavy atom. The molecule has 3 nitrogen and oxygen atoms in total. The molecule has 0 heterocycles. The molecule has 3 heteroatoms. The zero-order valence-corrected chi connectivity index (χ0v) is 6.09. The lowest BCUT2D eigenvalue weighted by Crippen LogP contribution is -2.46. The van der Waals surface area contributed by atoms with Crippen molar-refractivity contribution in [1.82, 2.24) is 0 Å². The fourth-order valence-electron chi connectivity index (χ4n) is 0.758. The molecule has 0 aromatic carbocycles. The van der Waals surface area contributed by atoms with E-state index in [1.54, 1.807) is 6.92 Å². The summed E-state index contributed by atoms with van der Waals surface area (Å²) in [6.07, 6.45) is 0.201. The Morgan fingerprint density at radius 3 is 2.22 bits per heavy atom. The van der Waals surface area contributed by atoms with E-state index in [1.165, 1.54) is 0 Å². The monoisotopic (exact) mass is 132 g/mol. The van der Waals surface area contributed by atoms with Crippen molar-refractivity contribution in [2.45, 2.75) is 31.9 Å². The molecule has 5 N–H and O–H groups in total. The van der Waals surface area contributed by atoms with Crippen LogP contribution in [0, 0.1) is 0 Å². The Hall–Kier alpha value is -0.120. The molecule has 56 valence electrons. The van der Waals surface area contributed by atoms with Crippen LogP contribution < -0.4 is 11.5 Å². The Balaban J connectivity index is 3.58. The van der Waals surface area contributed by atoms with Crippen molar-refractivity contribution >= 4 is 0 Å². The smallest absolute Gasteiger partial charge is 0.0530 e. The maximum atomic E-state index is 8.88. The topological polar surface area (TPSA) is 72.3 Å². The highest BCUT2D eigenvalue weighted by Crippen LogP contribution is 2.05. The number of hydrogen-bond donors (Lipinski definition) is 3. The lowest BCUT2D eigenvalue weighted by atomic mass is 9.97. The molecular formula is C6H16N2O. The predicted octanol–water partition coefficient (Wildman–Crippen LogP) is -0.567. The van der Waals surface area contributed by atoms with Gasteiger partial charge in [0.05, 0.1) is 6.10 Å². The summed E-state index contributed by atoms with van der Waals surface area (Å²) < 4.78 is 0. The Kier molecular flexibility index (Phi) is 3.11. The van der Waals surface area contributed by atoms with Gasteiger partial charge in [-0.25, -0.2) is 0 Å². The summed E-state index contributed by atoms with van der Waals surface area (Å²) in [5.74, 6) is 0. The van der Waals surface area contributed by atoms with Gasteiger partial charge in [0.15, 0.2) is 0 Å². The molecule has 0 radical (unpaired) electrons. The van der Waals surface area contributed by atoms with Gasteiger partial charge in [-0.1, -0.05) is 0 Å². The second-order valence-corrected chi connectivity index (χ2v) is 2.91. The van der Waals surface area contributed by atoms with E-state index in [1.807, 2.05) is 6.92 Å². The molecule has 0 fully saturated rings. The van der Waals surface area contributed by atoms with Crippen LogP contribution in [0.4, 0.5) is 0 Å². The normalized spacial score (nSPS) is 21.0. The average molecular weight is 132 g/mol. The minimum Gasteiger partial charge on any atom is -0.393 e. The number of aliphatic hydroxyl groups excluding tert-OH is 1. The largest absolute Gasteiger partial charge is 0.393 e. The van der Waals surface area contributed by atoms with Crippen molar-refractivity contribution in [3.05, 3.63) is 0 Å². The number of aliphatic hydroxyl groups is 1. The SMILES string of the molecule is CC(O)CC(C)(N)CN. The van der Waals surface area contributed by atoms with E-state index in [9.17, 15) is 0 Å². The standard InChI is InChI=1S/C6H16N2O/c1-5(9)3-6(2,8)4-7/h5,9H,3-4,7-8H2,1-2H3. The van der Waals surface area contributed by atoms with Crippen LogP contribution in [0.1, 0.15) is 20.3 Å². The molecule has 0 aromatic rings. The third-order valence-electron chi connectivity index (χ3n) is 1.23. The van der Waals surface area contributed by atoms with Gasteiger partial charge in [0.2, 0.25) is 0 Å². The number of nitrogens with two attached hydrogens (primary N) is 2. The van der Waals surface area contributed by atoms with Gasteiger partial charge in [0.25, 0.3) is 0 Å². The van der Waals surface area contributed by atoms with Crippen molar-refractivity contribution < 1.29 is 5.11 Å². The molecule has 0 aliphatic carbocycles. The van der Waals surface area contributed by atoms with Crippen LogP contribution in [0.15, 0.2) is 0 Å². The van der Waals surface area contributed by atoms with Gasteiger partial charge in [-0.15, -0.1) is 0 Å².